The van der Waals surface area contributed by atoms with E-state index in [0.29, 0.717) is 23.8 Å². The maximum atomic E-state index is 6.46. The minimum Gasteiger partial charge on any atom is -0.487 e. The first-order chi connectivity index (χ1) is 10.8. The molecule has 0 bridgehead atoms. The molecule has 1 unspecified atom stereocenters. The van der Waals surface area contributed by atoms with Gasteiger partial charge >= 0.3 is 0 Å². The summed E-state index contributed by atoms with van der Waals surface area (Å²) >= 11 is 0. The van der Waals surface area contributed by atoms with Crippen molar-refractivity contribution >= 4 is 0 Å². The standard InChI is InChI=1S/C21H35NO/c1-16(2)21(12-6-7-13-21)23-19-10-8-17(9-11-19)18(15-22)14-20(3,4)5/h8-11,16,18H,6-7,12-15,22H2,1-5H3. The van der Waals surface area contributed by atoms with Crippen LogP contribution in [-0.2, 0) is 0 Å². The van der Waals surface area contributed by atoms with Crippen LogP contribution in [0.15, 0.2) is 24.3 Å². The zero-order valence-corrected chi connectivity index (χ0v) is 15.7. The monoisotopic (exact) mass is 317 g/mol. The Kier molecular flexibility index (Phi) is 5.78. The van der Waals surface area contributed by atoms with Gasteiger partial charge in [0.15, 0.2) is 0 Å². The van der Waals surface area contributed by atoms with Gasteiger partial charge in [0.2, 0.25) is 0 Å². The quantitative estimate of drug-likeness (QED) is 0.750. The molecule has 0 aliphatic heterocycles. The molecule has 0 spiro atoms. The van der Waals surface area contributed by atoms with E-state index in [2.05, 4.69) is 58.9 Å². The van der Waals surface area contributed by atoms with Gasteiger partial charge < -0.3 is 10.5 Å². The Morgan fingerprint density at radius 1 is 1.09 bits per heavy atom. The fourth-order valence-corrected chi connectivity index (χ4v) is 3.89. The molecule has 0 radical (unpaired) electrons. The van der Waals surface area contributed by atoms with E-state index in [0.717, 1.165) is 12.2 Å². The zero-order chi connectivity index (χ0) is 17.1. The Bertz CT molecular complexity index is 478. The Morgan fingerprint density at radius 2 is 1.65 bits per heavy atom. The maximum absolute atomic E-state index is 6.46. The van der Waals surface area contributed by atoms with Gasteiger partial charge in [0.1, 0.15) is 11.4 Å². The Hall–Kier alpha value is -1.02. The van der Waals surface area contributed by atoms with Crippen LogP contribution in [0.5, 0.6) is 5.75 Å². The third-order valence-electron chi connectivity index (χ3n) is 5.32. The average Bonchev–Trinajstić information content (AvgIpc) is 2.95. The van der Waals surface area contributed by atoms with E-state index < -0.39 is 0 Å². The molecule has 1 aliphatic carbocycles. The van der Waals surface area contributed by atoms with Crippen molar-refractivity contribution in [3.8, 4) is 5.75 Å². The van der Waals surface area contributed by atoms with Crippen molar-refractivity contribution in [3.63, 3.8) is 0 Å². The summed E-state index contributed by atoms with van der Waals surface area (Å²) in [5.74, 6) is 1.99. The number of rotatable bonds is 6. The summed E-state index contributed by atoms with van der Waals surface area (Å²) in [6.45, 7) is 12.1. The first-order valence-electron chi connectivity index (χ1n) is 9.25. The average molecular weight is 318 g/mol. The van der Waals surface area contributed by atoms with Gasteiger partial charge in [-0.1, -0.05) is 46.8 Å². The molecule has 0 aromatic heterocycles. The van der Waals surface area contributed by atoms with Crippen LogP contribution in [0.4, 0.5) is 0 Å². The second kappa shape index (κ2) is 7.25. The Morgan fingerprint density at radius 3 is 2.09 bits per heavy atom. The molecule has 1 atom stereocenters. The molecule has 1 saturated carbocycles. The molecule has 2 heteroatoms. The molecule has 1 fully saturated rings. The van der Waals surface area contributed by atoms with Crippen LogP contribution in [0.25, 0.3) is 0 Å². The fraction of sp³-hybridized carbons (Fsp3) is 0.714. The van der Waals surface area contributed by atoms with Crippen molar-refractivity contribution < 1.29 is 4.74 Å². The number of hydrogen-bond donors (Lipinski definition) is 1. The molecule has 0 amide bonds. The van der Waals surface area contributed by atoms with Gasteiger partial charge in [0.25, 0.3) is 0 Å². The summed E-state index contributed by atoms with van der Waals surface area (Å²) < 4.78 is 6.46. The predicted molar refractivity (Wildman–Crippen MR) is 99.0 cm³/mol. The Balaban J connectivity index is 2.09. The molecule has 0 heterocycles. The van der Waals surface area contributed by atoms with Crippen molar-refractivity contribution in [1.82, 2.24) is 0 Å². The molecule has 1 aliphatic rings. The molecule has 23 heavy (non-hydrogen) atoms. The van der Waals surface area contributed by atoms with Crippen LogP contribution >= 0.6 is 0 Å². The normalized spacial score (nSPS) is 19.1. The van der Waals surface area contributed by atoms with Crippen molar-refractivity contribution in [2.24, 2.45) is 17.1 Å². The molecule has 2 nitrogen and oxygen atoms in total. The van der Waals surface area contributed by atoms with Crippen molar-refractivity contribution in [1.29, 1.82) is 0 Å². The van der Waals surface area contributed by atoms with Crippen molar-refractivity contribution in [2.45, 2.75) is 78.2 Å². The topological polar surface area (TPSA) is 35.2 Å². The van der Waals surface area contributed by atoms with Gasteiger partial charge in [0, 0.05) is 0 Å². The highest BCUT2D eigenvalue weighted by Crippen LogP contribution is 2.40. The SMILES string of the molecule is CC(C)C1(Oc2ccc(C(CN)CC(C)(C)C)cc2)CCCC1. The van der Waals surface area contributed by atoms with Crippen LogP contribution in [-0.4, -0.2) is 12.1 Å². The van der Waals surface area contributed by atoms with Gasteiger partial charge in [-0.3, -0.25) is 0 Å². The van der Waals surface area contributed by atoms with E-state index in [1.807, 2.05) is 0 Å². The lowest BCUT2D eigenvalue weighted by molar-refractivity contribution is 0.0288. The highest BCUT2D eigenvalue weighted by Gasteiger charge is 2.39. The second-order valence-electron chi connectivity index (χ2n) is 8.80. The second-order valence-corrected chi connectivity index (χ2v) is 8.80. The minimum absolute atomic E-state index is 0.0419. The van der Waals surface area contributed by atoms with Crippen molar-refractivity contribution in [3.05, 3.63) is 29.8 Å². The predicted octanol–water partition coefficient (Wildman–Crippen LogP) is 5.51. The fourth-order valence-electron chi connectivity index (χ4n) is 3.89. The number of hydrogen-bond acceptors (Lipinski definition) is 2. The molecule has 2 rings (SSSR count). The van der Waals surface area contributed by atoms with E-state index in [1.165, 1.54) is 31.2 Å². The van der Waals surface area contributed by atoms with E-state index in [-0.39, 0.29) is 5.60 Å². The summed E-state index contributed by atoms with van der Waals surface area (Å²) in [6, 6.07) is 8.70. The summed E-state index contributed by atoms with van der Waals surface area (Å²) in [7, 11) is 0. The zero-order valence-electron chi connectivity index (χ0n) is 15.7. The molecule has 0 saturated heterocycles. The number of ether oxygens (including phenoxy) is 1. The summed E-state index contributed by atoms with van der Waals surface area (Å²) in [4.78, 5) is 0. The molecule has 1 aromatic rings. The van der Waals surface area contributed by atoms with Crippen molar-refractivity contribution in [2.75, 3.05) is 6.54 Å². The van der Waals surface area contributed by atoms with Crippen LogP contribution in [0, 0.1) is 11.3 Å². The maximum Gasteiger partial charge on any atom is 0.120 e. The summed E-state index contributed by atoms with van der Waals surface area (Å²) in [5.41, 5.74) is 7.68. The molecular weight excluding hydrogens is 282 g/mol. The lowest BCUT2D eigenvalue weighted by atomic mass is 9.81. The van der Waals surface area contributed by atoms with Gasteiger partial charge in [-0.2, -0.15) is 0 Å². The number of benzene rings is 1. The van der Waals surface area contributed by atoms with E-state index in [1.54, 1.807) is 0 Å². The third kappa shape index (κ3) is 4.73. The molecule has 130 valence electrons. The first kappa shape index (κ1) is 18.3. The highest BCUT2D eigenvalue weighted by atomic mass is 16.5. The van der Waals surface area contributed by atoms with Crippen LogP contribution in [0.1, 0.15) is 78.2 Å². The highest BCUT2D eigenvalue weighted by molar-refractivity contribution is 5.30. The first-order valence-corrected chi connectivity index (χ1v) is 9.25. The smallest absolute Gasteiger partial charge is 0.120 e. The van der Waals surface area contributed by atoms with E-state index >= 15 is 0 Å². The lowest BCUT2D eigenvalue weighted by Crippen LogP contribution is -2.38. The largest absolute Gasteiger partial charge is 0.487 e. The number of nitrogens with two attached hydrogens (primary N) is 1. The molecule has 1 aromatic carbocycles. The van der Waals surface area contributed by atoms with E-state index in [4.69, 9.17) is 10.5 Å². The minimum atomic E-state index is 0.0419. The summed E-state index contributed by atoms with van der Waals surface area (Å²) in [5, 5.41) is 0. The van der Waals surface area contributed by atoms with Gasteiger partial charge in [-0.05, 0) is 73.6 Å². The summed E-state index contributed by atoms with van der Waals surface area (Å²) in [6.07, 6.45) is 6.05. The van der Waals surface area contributed by atoms with Gasteiger partial charge in [0.05, 0.1) is 0 Å². The van der Waals surface area contributed by atoms with Crippen LogP contribution < -0.4 is 10.5 Å². The third-order valence-corrected chi connectivity index (χ3v) is 5.32. The molecular formula is C21H35NO. The van der Waals surface area contributed by atoms with E-state index in [9.17, 15) is 0 Å². The van der Waals surface area contributed by atoms with Gasteiger partial charge in [-0.25, -0.2) is 0 Å². The van der Waals surface area contributed by atoms with Crippen LogP contribution in [0.2, 0.25) is 0 Å². The van der Waals surface area contributed by atoms with Crippen LogP contribution in [0.3, 0.4) is 0 Å². The Labute approximate surface area is 142 Å². The lowest BCUT2D eigenvalue weighted by Gasteiger charge is -2.34. The van der Waals surface area contributed by atoms with Gasteiger partial charge in [-0.15, -0.1) is 0 Å². The molecule has 2 N–H and O–H groups in total.